The second kappa shape index (κ2) is 6.24. The maximum absolute atomic E-state index is 9.65. The molecule has 0 saturated carbocycles. The summed E-state index contributed by atoms with van der Waals surface area (Å²) in [5.41, 5.74) is 0. The van der Waals surface area contributed by atoms with Gasteiger partial charge in [-0.15, -0.1) is 0 Å². The Morgan fingerprint density at radius 1 is 1.32 bits per heavy atom. The molecule has 1 atom stereocenters. The number of aliphatic hydroxyl groups excluding tert-OH is 1. The fraction of sp³-hybridized carbons (Fsp3) is 0.667. The van der Waals surface area contributed by atoms with Gasteiger partial charge in [-0.05, 0) is 51.7 Å². The minimum atomic E-state index is -0.211. The van der Waals surface area contributed by atoms with Crippen molar-refractivity contribution in [2.45, 2.75) is 45.8 Å². The molecule has 1 aliphatic heterocycles. The summed E-state index contributed by atoms with van der Waals surface area (Å²) in [6, 6.07) is 3.88. The summed E-state index contributed by atoms with van der Waals surface area (Å²) in [4.78, 5) is 6.72. The van der Waals surface area contributed by atoms with Crippen molar-refractivity contribution in [3.05, 3.63) is 18.3 Å². The summed E-state index contributed by atoms with van der Waals surface area (Å²) in [5.74, 6) is 2.20. The van der Waals surface area contributed by atoms with Crippen molar-refractivity contribution < 1.29 is 9.84 Å². The van der Waals surface area contributed by atoms with E-state index in [1.807, 2.05) is 39.1 Å². The lowest BCUT2D eigenvalue weighted by Crippen LogP contribution is -2.37. The van der Waals surface area contributed by atoms with Gasteiger partial charge < -0.3 is 14.7 Å². The van der Waals surface area contributed by atoms with Crippen LogP contribution in [0.15, 0.2) is 18.3 Å². The molecule has 4 heteroatoms. The molecule has 0 spiro atoms. The second-order valence-corrected chi connectivity index (χ2v) is 5.56. The fourth-order valence-corrected chi connectivity index (χ4v) is 2.56. The zero-order chi connectivity index (χ0) is 13.8. The SMILES string of the molecule is CC(C)Oc1cccnc1N1CCC(C(C)O)CC1. The Hall–Kier alpha value is -1.29. The first-order valence-corrected chi connectivity index (χ1v) is 7.12. The van der Waals surface area contributed by atoms with E-state index in [0.29, 0.717) is 5.92 Å². The van der Waals surface area contributed by atoms with Crippen molar-refractivity contribution in [3.63, 3.8) is 0 Å². The molecule has 1 N–H and O–H groups in total. The fourth-order valence-electron chi connectivity index (χ4n) is 2.56. The molecular weight excluding hydrogens is 240 g/mol. The molecule has 1 unspecified atom stereocenters. The normalized spacial score (nSPS) is 18.7. The number of aromatic nitrogens is 1. The first-order chi connectivity index (χ1) is 9.08. The molecule has 2 heterocycles. The molecular formula is C15H24N2O2. The van der Waals surface area contributed by atoms with E-state index in [2.05, 4.69) is 9.88 Å². The van der Waals surface area contributed by atoms with Crippen molar-refractivity contribution in [2.75, 3.05) is 18.0 Å². The van der Waals surface area contributed by atoms with Gasteiger partial charge in [0.2, 0.25) is 0 Å². The van der Waals surface area contributed by atoms with Gasteiger partial charge in [0.15, 0.2) is 11.6 Å². The lowest BCUT2D eigenvalue weighted by atomic mass is 9.92. The van der Waals surface area contributed by atoms with Gasteiger partial charge in [-0.1, -0.05) is 0 Å². The molecule has 0 aliphatic carbocycles. The third kappa shape index (κ3) is 3.60. The van der Waals surface area contributed by atoms with Crippen LogP contribution in [0.5, 0.6) is 5.75 Å². The summed E-state index contributed by atoms with van der Waals surface area (Å²) in [6.07, 6.45) is 3.77. The van der Waals surface area contributed by atoms with Gasteiger partial charge in [-0.2, -0.15) is 0 Å². The van der Waals surface area contributed by atoms with E-state index < -0.39 is 0 Å². The lowest BCUT2D eigenvalue weighted by Gasteiger charge is -2.34. The third-order valence-electron chi connectivity index (χ3n) is 3.63. The maximum atomic E-state index is 9.65. The van der Waals surface area contributed by atoms with Crippen LogP contribution in [0.3, 0.4) is 0 Å². The summed E-state index contributed by atoms with van der Waals surface area (Å²) in [5, 5.41) is 9.65. The summed E-state index contributed by atoms with van der Waals surface area (Å²) in [6.45, 7) is 7.80. The monoisotopic (exact) mass is 264 g/mol. The molecule has 1 aliphatic rings. The Balaban J connectivity index is 2.06. The summed E-state index contributed by atoms with van der Waals surface area (Å²) >= 11 is 0. The Bertz CT molecular complexity index is 399. The molecule has 4 nitrogen and oxygen atoms in total. The zero-order valence-electron chi connectivity index (χ0n) is 12.0. The molecule has 2 rings (SSSR count). The molecule has 1 aromatic heterocycles. The minimum Gasteiger partial charge on any atom is -0.487 e. The van der Waals surface area contributed by atoms with Gasteiger partial charge in [-0.25, -0.2) is 4.98 Å². The van der Waals surface area contributed by atoms with Gasteiger partial charge in [0.1, 0.15) is 0 Å². The van der Waals surface area contributed by atoms with E-state index in [1.54, 1.807) is 0 Å². The van der Waals surface area contributed by atoms with E-state index in [-0.39, 0.29) is 12.2 Å². The second-order valence-electron chi connectivity index (χ2n) is 5.56. The van der Waals surface area contributed by atoms with Gasteiger partial charge in [0.05, 0.1) is 12.2 Å². The Labute approximate surface area is 115 Å². The van der Waals surface area contributed by atoms with E-state index in [0.717, 1.165) is 37.5 Å². The van der Waals surface area contributed by atoms with Crippen molar-refractivity contribution in [1.29, 1.82) is 0 Å². The molecule has 0 aromatic carbocycles. The quantitative estimate of drug-likeness (QED) is 0.907. The van der Waals surface area contributed by atoms with Crippen LogP contribution in [0.4, 0.5) is 5.82 Å². The predicted octanol–water partition coefficient (Wildman–Crippen LogP) is 2.47. The number of anilines is 1. The molecule has 1 saturated heterocycles. The maximum Gasteiger partial charge on any atom is 0.171 e. The average Bonchev–Trinajstić information content (AvgIpc) is 2.39. The zero-order valence-corrected chi connectivity index (χ0v) is 12.0. The van der Waals surface area contributed by atoms with E-state index in [9.17, 15) is 5.11 Å². The first kappa shape index (κ1) is 14.1. The number of aliphatic hydroxyl groups is 1. The molecule has 1 fully saturated rings. The Kier molecular flexibility index (Phi) is 4.64. The van der Waals surface area contributed by atoms with Crippen LogP contribution in [0.2, 0.25) is 0 Å². The summed E-state index contributed by atoms with van der Waals surface area (Å²) in [7, 11) is 0. The highest BCUT2D eigenvalue weighted by Gasteiger charge is 2.25. The van der Waals surface area contributed by atoms with Gasteiger partial charge in [-0.3, -0.25) is 0 Å². The Morgan fingerprint density at radius 3 is 2.58 bits per heavy atom. The molecule has 106 valence electrons. The van der Waals surface area contributed by atoms with Crippen LogP contribution in [0, 0.1) is 5.92 Å². The smallest absolute Gasteiger partial charge is 0.171 e. The largest absolute Gasteiger partial charge is 0.487 e. The molecule has 1 aromatic rings. The van der Waals surface area contributed by atoms with Crippen LogP contribution in [-0.2, 0) is 0 Å². The Morgan fingerprint density at radius 2 is 2.00 bits per heavy atom. The average molecular weight is 264 g/mol. The highest BCUT2D eigenvalue weighted by molar-refractivity contribution is 5.52. The number of nitrogens with zero attached hydrogens (tertiary/aromatic N) is 2. The van der Waals surface area contributed by atoms with Gasteiger partial charge in [0, 0.05) is 19.3 Å². The lowest BCUT2D eigenvalue weighted by molar-refractivity contribution is 0.109. The van der Waals surface area contributed by atoms with Crippen molar-refractivity contribution in [2.24, 2.45) is 5.92 Å². The predicted molar refractivity (Wildman–Crippen MR) is 76.6 cm³/mol. The standard InChI is InChI=1S/C15H24N2O2/c1-11(2)19-14-5-4-8-16-15(14)17-9-6-13(7-10-17)12(3)18/h4-5,8,11-13,18H,6-7,9-10H2,1-3H3. The van der Waals surface area contributed by atoms with Crippen molar-refractivity contribution in [3.8, 4) is 5.75 Å². The number of rotatable bonds is 4. The van der Waals surface area contributed by atoms with Crippen LogP contribution in [-0.4, -0.2) is 35.4 Å². The minimum absolute atomic E-state index is 0.151. The van der Waals surface area contributed by atoms with Gasteiger partial charge >= 0.3 is 0 Å². The molecule has 19 heavy (non-hydrogen) atoms. The van der Waals surface area contributed by atoms with Crippen LogP contribution in [0.1, 0.15) is 33.6 Å². The van der Waals surface area contributed by atoms with Gasteiger partial charge in [0.25, 0.3) is 0 Å². The van der Waals surface area contributed by atoms with E-state index in [4.69, 9.17) is 4.74 Å². The van der Waals surface area contributed by atoms with Crippen molar-refractivity contribution in [1.82, 2.24) is 4.98 Å². The molecule has 0 bridgehead atoms. The third-order valence-corrected chi connectivity index (χ3v) is 3.63. The van der Waals surface area contributed by atoms with E-state index in [1.165, 1.54) is 0 Å². The number of ether oxygens (including phenoxy) is 1. The first-order valence-electron chi connectivity index (χ1n) is 7.12. The summed E-state index contributed by atoms with van der Waals surface area (Å²) < 4.78 is 5.82. The number of hydrogen-bond donors (Lipinski definition) is 1. The highest BCUT2D eigenvalue weighted by Crippen LogP contribution is 2.30. The van der Waals surface area contributed by atoms with Crippen LogP contribution in [0.25, 0.3) is 0 Å². The number of piperidine rings is 1. The van der Waals surface area contributed by atoms with Crippen LogP contribution < -0.4 is 9.64 Å². The topological polar surface area (TPSA) is 45.6 Å². The van der Waals surface area contributed by atoms with E-state index >= 15 is 0 Å². The van der Waals surface area contributed by atoms with Crippen molar-refractivity contribution >= 4 is 5.82 Å². The molecule has 0 radical (unpaired) electrons. The molecule has 0 amide bonds. The number of pyridine rings is 1. The number of hydrogen-bond acceptors (Lipinski definition) is 4. The van der Waals surface area contributed by atoms with Crippen LogP contribution >= 0.6 is 0 Å². The highest BCUT2D eigenvalue weighted by atomic mass is 16.5.